The summed E-state index contributed by atoms with van der Waals surface area (Å²) in [4.78, 5) is 4.07. The average molecular weight is 308 g/mol. The number of anilines is 1. The predicted molar refractivity (Wildman–Crippen MR) is 86.8 cm³/mol. The normalized spacial score (nSPS) is 11.9. The number of nitrogens with two attached hydrogens (primary N) is 1. The Morgan fingerprint density at radius 3 is 2.70 bits per heavy atom. The summed E-state index contributed by atoms with van der Waals surface area (Å²) < 4.78 is 5.88. The SMILES string of the molecule is C[C@H](Oc1cc(-c2ccccc2O)nnc1N)c1cccnc1. The van der Waals surface area contributed by atoms with Crippen LogP contribution in [0.25, 0.3) is 11.3 Å². The molecule has 2 heterocycles. The van der Waals surface area contributed by atoms with Crippen molar-refractivity contribution >= 4 is 5.82 Å². The van der Waals surface area contributed by atoms with Gasteiger partial charge in [0.15, 0.2) is 11.6 Å². The van der Waals surface area contributed by atoms with Gasteiger partial charge in [-0.3, -0.25) is 4.98 Å². The zero-order valence-electron chi connectivity index (χ0n) is 12.5. The van der Waals surface area contributed by atoms with Gasteiger partial charge in [-0.1, -0.05) is 18.2 Å². The van der Waals surface area contributed by atoms with Gasteiger partial charge >= 0.3 is 0 Å². The summed E-state index contributed by atoms with van der Waals surface area (Å²) in [7, 11) is 0. The standard InChI is InChI=1S/C17H16N4O2/c1-11(12-5-4-8-19-10-12)23-16-9-14(20-21-17(16)18)13-6-2-3-7-15(13)22/h2-11,22H,1H3,(H2,18,21)/t11-/m0/s1. The number of phenols is 1. The van der Waals surface area contributed by atoms with Crippen molar-refractivity contribution in [2.45, 2.75) is 13.0 Å². The number of benzene rings is 1. The highest BCUT2D eigenvalue weighted by atomic mass is 16.5. The number of para-hydroxylation sites is 1. The van der Waals surface area contributed by atoms with Crippen LogP contribution in [0.1, 0.15) is 18.6 Å². The quantitative estimate of drug-likeness (QED) is 0.769. The lowest BCUT2D eigenvalue weighted by Gasteiger charge is -2.16. The van der Waals surface area contributed by atoms with Gasteiger partial charge in [0.25, 0.3) is 0 Å². The molecule has 0 radical (unpaired) electrons. The van der Waals surface area contributed by atoms with E-state index < -0.39 is 0 Å². The minimum absolute atomic E-state index is 0.123. The van der Waals surface area contributed by atoms with E-state index in [9.17, 15) is 5.11 Å². The summed E-state index contributed by atoms with van der Waals surface area (Å²) >= 11 is 0. The summed E-state index contributed by atoms with van der Waals surface area (Å²) in [6.45, 7) is 1.90. The van der Waals surface area contributed by atoms with E-state index in [4.69, 9.17) is 10.5 Å². The van der Waals surface area contributed by atoms with Crippen LogP contribution >= 0.6 is 0 Å². The number of hydrogen-bond donors (Lipinski definition) is 2. The molecule has 3 N–H and O–H groups in total. The van der Waals surface area contributed by atoms with Crippen LogP contribution in [-0.2, 0) is 0 Å². The zero-order valence-corrected chi connectivity index (χ0v) is 12.5. The average Bonchev–Trinajstić information content (AvgIpc) is 2.58. The van der Waals surface area contributed by atoms with Crippen molar-refractivity contribution < 1.29 is 9.84 Å². The highest BCUT2D eigenvalue weighted by Gasteiger charge is 2.14. The van der Waals surface area contributed by atoms with Gasteiger partial charge in [-0.05, 0) is 25.1 Å². The Kier molecular flexibility index (Phi) is 4.05. The molecule has 0 saturated heterocycles. The van der Waals surface area contributed by atoms with Crippen LogP contribution in [0.3, 0.4) is 0 Å². The fraction of sp³-hybridized carbons (Fsp3) is 0.118. The van der Waals surface area contributed by atoms with Gasteiger partial charge in [-0.15, -0.1) is 10.2 Å². The lowest BCUT2D eigenvalue weighted by atomic mass is 10.1. The van der Waals surface area contributed by atoms with Gasteiger partial charge in [-0.25, -0.2) is 0 Å². The fourth-order valence-electron chi connectivity index (χ4n) is 2.18. The highest BCUT2D eigenvalue weighted by Crippen LogP contribution is 2.32. The second-order valence-corrected chi connectivity index (χ2v) is 5.04. The van der Waals surface area contributed by atoms with E-state index in [0.717, 1.165) is 5.56 Å². The minimum atomic E-state index is -0.243. The van der Waals surface area contributed by atoms with E-state index in [2.05, 4.69) is 15.2 Å². The summed E-state index contributed by atoms with van der Waals surface area (Å²) in [5, 5.41) is 17.9. The van der Waals surface area contributed by atoms with Crippen LogP contribution in [0.15, 0.2) is 54.9 Å². The molecule has 2 aromatic heterocycles. The lowest BCUT2D eigenvalue weighted by molar-refractivity contribution is 0.227. The summed E-state index contributed by atoms with van der Waals surface area (Å²) in [5.74, 6) is 0.729. The first kappa shape index (κ1) is 14.8. The topological polar surface area (TPSA) is 94.2 Å². The van der Waals surface area contributed by atoms with Crippen LogP contribution in [0, 0.1) is 0 Å². The van der Waals surface area contributed by atoms with Crippen LogP contribution in [-0.4, -0.2) is 20.3 Å². The Morgan fingerprint density at radius 1 is 1.13 bits per heavy atom. The lowest BCUT2D eigenvalue weighted by Crippen LogP contribution is -2.07. The Balaban J connectivity index is 1.91. The Morgan fingerprint density at radius 2 is 1.96 bits per heavy atom. The maximum absolute atomic E-state index is 9.94. The van der Waals surface area contributed by atoms with Crippen molar-refractivity contribution in [1.29, 1.82) is 0 Å². The van der Waals surface area contributed by atoms with Gasteiger partial charge < -0.3 is 15.6 Å². The van der Waals surface area contributed by atoms with Gasteiger partial charge in [0.1, 0.15) is 17.5 Å². The summed E-state index contributed by atoms with van der Waals surface area (Å²) in [6, 6.07) is 12.3. The molecule has 3 aromatic rings. The highest BCUT2D eigenvalue weighted by molar-refractivity contribution is 5.68. The number of phenolic OH excluding ortho intramolecular Hbond substituents is 1. The molecule has 0 aliphatic rings. The van der Waals surface area contributed by atoms with Crippen molar-refractivity contribution in [2.75, 3.05) is 5.73 Å². The number of hydrogen-bond acceptors (Lipinski definition) is 6. The van der Waals surface area contributed by atoms with E-state index >= 15 is 0 Å². The molecule has 0 saturated carbocycles. The molecule has 0 amide bonds. The number of aromatic hydroxyl groups is 1. The predicted octanol–water partition coefficient (Wildman–Crippen LogP) is 2.97. The number of nitrogens with zero attached hydrogens (tertiary/aromatic N) is 3. The van der Waals surface area contributed by atoms with Crippen molar-refractivity contribution in [3.8, 4) is 22.8 Å². The number of pyridine rings is 1. The number of ether oxygens (including phenoxy) is 1. The monoisotopic (exact) mass is 308 g/mol. The molecule has 116 valence electrons. The molecule has 0 aliphatic carbocycles. The van der Waals surface area contributed by atoms with Crippen LogP contribution in [0.5, 0.6) is 11.5 Å². The molecule has 0 unspecified atom stereocenters. The second-order valence-electron chi connectivity index (χ2n) is 5.04. The zero-order chi connectivity index (χ0) is 16.2. The molecule has 0 fully saturated rings. The van der Waals surface area contributed by atoms with E-state index in [1.807, 2.05) is 25.1 Å². The maximum atomic E-state index is 9.94. The summed E-state index contributed by atoms with van der Waals surface area (Å²) in [5.41, 5.74) is 7.84. The molecule has 0 bridgehead atoms. The first-order valence-corrected chi connectivity index (χ1v) is 7.13. The number of nitrogen functional groups attached to an aromatic ring is 1. The van der Waals surface area contributed by atoms with Crippen LogP contribution < -0.4 is 10.5 Å². The van der Waals surface area contributed by atoms with Gasteiger partial charge in [0, 0.05) is 29.6 Å². The molecule has 1 atom stereocenters. The van der Waals surface area contributed by atoms with Crippen LogP contribution in [0.4, 0.5) is 5.82 Å². The van der Waals surface area contributed by atoms with Crippen molar-refractivity contribution in [2.24, 2.45) is 0 Å². The Bertz CT molecular complexity index is 809. The third kappa shape index (κ3) is 3.21. The smallest absolute Gasteiger partial charge is 0.188 e. The van der Waals surface area contributed by atoms with Crippen LogP contribution in [0.2, 0.25) is 0 Å². The minimum Gasteiger partial charge on any atom is -0.507 e. The maximum Gasteiger partial charge on any atom is 0.188 e. The summed E-state index contributed by atoms with van der Waals surface area (Å²) in [6.07, 6.45) is 3.20. The molecule has 6 nitrogen and oxygen atoms in total. The van der Waals surface area contributed by atoms with Crippen molar-refractivity contribution in [1.82, 2.24) is 15.2 Å². The van der Waals surface area contributed by atoms with E-state index in [1.54, 1.807) is 36.7 Å². The third-order valence-electron chi connectivity index (χ3n) is 3.42. The Labute approximate surface area is 133 Å². The molecule has 6 heteroatoms. The van der Waals surface area contributed by atoms with E-state index in [1.165, 1.54) is 0 Å². The Hall–Kier alpha value is -3.15. The molecule has 3 rings (SSSR count). The van der Waals surface area contributed by atoms with Gasteiger partial charge in [0.2, 0.25) is 0 Å². The first-order valence-electron chi connectivity index (χ1n) is 7.13. The van der Waals surface area contributed by atoms with Crippen molar-refractivity contribution in [3.05, 3.63) is 60.4 Å². The molecular formula is C17H16N4O2. The number of rotatable bonds is 4. The van der Waals surface area contributed by atoms with E-state index in [0.29, 0.717) is 17.0 Å². The molecule has 0 spiro atoms. The molecule has 1 aromatic carbocycles. The molecule has 0 aliphatic heterocycles. The second kappa shape index (κ2) is 6.31. The third-order valence-corrected chi connectivity index (χ3v) is 3.42. The van der Waals surface area contributed by atoms with E-state index in [-0.39, 0.29) is 17.7 Å². The number of aromatic nitrogens is 3. The first-order chi connectivity index (χ1) is 11.1. The fourth-order valence-corrected chi connectivity index (χ4v) is 2.18. The molecule has 23 heavy (non-hydrogen) atoms. The van der Waals surface area contributed by atoms with Gasteiger partial charge in [-0.2, -0.15) is 0 Å². The van der Waals surface area contributed by atoms with Gasteiger partial charge in [0.05, 0.1) is 0 Å². The molecular weight excluding hydrogens is 292 g/mol. The largest absolute Gasteiger partial charge is 0.507 e. The van der Waals surface area contributed by atoms with Crippen molar-refractivity contribution in [3.63, 3.8) is 0 Å².